The Hall–Kier alpha value is -10.3. The first kappa shape index (κ1) is 73.7. The summed E-state index contributed by atoms with van der Waals surface area (Å²) in [4.78, 5) is 213. The van der Waals surface area contributed by atoms with E-state index in [4.69, 9.17) is 28.8 Å². The van der Waals surface area contributed by atoms with E-state index in [1.54, 1.807) is 44.2 Å². The predicted molar refractivity (Wildman–Crippen MR) is 340 cm³/mol. The zero-order valence-electron chi connectivity index (χ0n) is 52.7. The molecule has 2 bridgehead atoms. The number of benzene rings is 1. The van der Waals surface area contributed by atoms with Gasteiger partial charge in [0.05, 0.1) is 19.4 Å². The van der Waals surface area contributed by atoms with Crippen LogP contribution in [0.3, 0.4) is 0 Å². The van der Waals surface area contributed by atoms with E-state index in [0.29, 0.717) is 28.1 Å². The van der Waals surface area contributed by atoms with Crippen LogP contribution in [0.1, 0.15) is 88.8 Å². The van der Waals surface area contributed by atoms with Crippen molar-refractivity contribution < 1.29 is 67.1 Å². The van der Waals surface area contributed by atoms with Gasteiger partial charge in [0, 0.05) is 82.2 Å². The van der Waals surface area contributed by atoms with E-state index in [0.717, 1.165) is 6.92 Å². The Kier molecular flexibility index (Phi) is 28.1. The van der Waals surface area contributed by atoms with E-state index in [9.17, 15) is 52.7 Å². The Morgan fingerprint density at radius 3 is 1.75 bits per heavy atom. The minimum atomic E-state index is -2.02. The zero-order valence-corrected chi connectivity index (χ0v) is 53.5. The average Bonchev–Trinajstić information content (AvgIpc) is 1.80. The highest BCUT2D eigenvalue weighted by Crippen LogP contribution is 2.21. The molecule has 18 N–H and O–H groups in total. The number of amides is 14. The number of pyridine rings is 2. The van der Waals surface area contributed by atoms with Gasteiger partial charge in [-0.05, 0) is 85.4 Å². The molecule has 95 heavy (non-hydrogen) atoms. The lowest BCUT2D eigenvalue weighted by Crippen LogP contribution is -2.61. The van der Waals surface area contributed by atoms with Crippen molar-refractivity contribution in [2.45, 2.75) is 152 Å². The third kappa shape index (κ3) is 23.9. The lowest BCUT2D eigenvalue weighted by Gasteiger charge is -2.31. The largest absolute Gasteiger partial charge is 0.370 e. The summed E-state index contributed by atoms with van der Waals surface area (Å²) in [6.07, 6.45) is 2.89. The fourth-order valence-electron chi connectivity index (χ4n) is 10.6. The number of rotatable bonds is 14. The number of nitrogens with zero attached hydrogens (tertiary/aromatic N) is 4. The summed E-state index contributed by atoms with van der Waals surface area (Å²) in [7, 11) is 0. The number of fused-ring (bicyclic) bond motifs is 4. The van der Waals surface area contributed by atoms with E-state index in [2.05, 4.69) is 78.8 Å². The average molecular weight is 1340 g/mol. The van der Waals surface area contributed by atoms with Gasteiger partial charge in [-0.2, -0.15) is 0 Å². The highest BCUT2D eigenvalue weighted by atomic mass is 35.5. The minimum Gasteiger partial charge on any atom is -0.370 e. The number of aliphatic imine (C=N–C) groups is 1. The van der Waals surface area contributed by atoms with Crippen LogP contribution in [0.15, 0.2) is 78.3 Å². The Bertz CT molecular complexity index is 3310. The molecule has 33 nitrogen and oxygen atoms in total. The number of halogens is 1. The van der Waals surface area contributed by atoms with Crippen LogP contribution in [-0.2, 0) is 86.4 Å². The summed E-state index contributed by atoms with van der Waals surface area (Å²) in [5.41, 5.74) is 18.1. The molecule has 1 aromatic carbocycles. The molecule has 10 atom stereocenters. The Balaban J connectivity index is 1.47. The number of hydrogen-bond acceptors (Lipinski definition) is 17. The Morgan fingerprint density at radius 1 is 0.611 bits per heavy atom. The highest BCUT2D eigenvalue weighted by molar-refractivity contribution is 6.30. The van der Waals surface area contributed by atoms with Gasteiger partial charge in [0.15, 0.2) is 5.96 Å². The Labute approximate surface area is 551 Å². The predicted octanol–water partition coefficient (Wildman–Crippen LogP) is -5.34. The molecule has 0 radical (unpaired) electrons. The van der Waals surface area contributed by atoms with Gasteiger partial charge in [0.1, 0.15) is 60.4 Å². The molecule has 512 valence electrons. The highest BCUT2D eigenvalue weighted by Gasteiger charge is 2.41. The summed E-state index contributed by atoms with van der Waals surface area (Å²) in [6.45, 7) is 2.73. The first-order valence-corrected chi connectivity index (χ1v) is 31.3. The molecule has 34 heteroatoms. The number of carbonyl (C=O) groups excluding carboxylic acids is 14. The van der Waals surface area contributed by atoms with E-state index in [-0.39, 0.29) is 69.9 Å². The van der Waals surface area contributed by atoms with Crippen LogP contribution in [0.25, 0.3) is 0 Å². The smallest absolute Gasteiger partial charge is 0.245 e. The quantitative estimate of drug-likeness (QED) is 0.0407. The standard InChI is InChI=1S/C61H82ClN19O14/c1-32(2)22-40-53(88)74-39(10-6-19-69-61(64)65)60(95)81-21-7-11-47(81)59(94)80-46(51(63)86)30-70-48(83)27-45-58(93)73-38(52(87)76-42(55(90)75-40)24-35-8-4-17-66-28-35)16-20-68-50(85)31-71-49(84)26-44(72-33(3)82)57(92)77-41(23-34-12-14-37(62)15-13-34)54(89)78-43(56(91)79-45)25-36-9-5-18-67-29-36/h4-5,8-9,12-15,17-18,28-29,32,38-47H,6-7,10-11,16,19-27,30-31H2,1-3H3,(H2,63,86)(H,68,85)(H,70,83)(H,71,84)(H,72,82)(H,73,93)(H,74,88)(H,75,90)(H,76,87)(H,77,92)(H,78,89)(H,79,91)(H,80,94)(H4,64,65,69)/t38-,39+,40-,41+,42-,43-,44-,45-,46-,47-/m1/s1. The maximum absolute atomic E-state index is 15.1. The second-order valence-electron chi connectivity index (χ2n) is 23.5. The van der Waals surface area contributed by atoms with Gasteiger partial charge in [-0.1, -0.05) is 49.7 Å². The van der Waals surface area contributed by atoms with E-state index >= 15 is 14.4 Å². The van der Waals surface area contributed by atoms with Crippen molar-refractivity contribution in [2.24, 2.45) is 28.1 Å². The van der Waals surface area contributed by atoms with E-state index in [1.807, 2.05) is 0 Å². The molecule has 5 heterocycles. The minimum absolute atomic E-state index is 0.0193. The summed E-state index contributed by atoms with van der Waals surface area (Å²) >= 11 is 6.17. The first-order valence-electron chi connectivity index (χ1n) is 30.9. The molecule has 2 aromatic heterocycles. The van der Waals surface area contributed by atoms with Gasteiger partial charge in [0.2, 0.25) is 82.7 Å². The van der Waals surface area contributed by atoms with E-state index < -0.39 is 182 Å². The maximum Gasteiger partial charge on any atom is 0.245 e. The van der Waals surface area contributed by atoms with Gasteiger partial charge < -0.3 is 85.9 Å². The lowest BCUT2D eigenvalue weighted by atomic mass is 10.00. The van der Waals surface area contributed by atoms with Gasteiger partial charge >= 0.3 is 0 Å². The zero-order chi connectivity index (χ0) is 69.3. The molecule has 3 fully saturated rings. The van der Waals surface area contributed by atoms with Crippen LogP contribution in [0.4, 0.5) is 0 Å². The molecule has 14 amide bonds. The van der Waals surface area contributed by atoms with Crippen molar-refractivity contribution in [3.63, 3.8) is 0 Å². The number of nitrogens with one attached hydrogen (secondary N) is 12. The molecule has 6 rings (SSSR count). The summed E-state index contributed by atoms with van der Waals surface area (Å²) in [6, 6.07) is -3.62. The molecule has 0 spiro atoms. The lowest BCUT2D eigenvalue weighted by molar-refractivity contribution is -0.142. The molecule has 3 aromatic rings. The number of aromatic nitrogens is 2. The van der Waals surface area contributed by atoms with Crippen LogP contribution in [-0.4, -0.2) is 197 Å². The first-order chi connectivity index (χ1) is 45.2. The summed E-state index contributed by atoms with van der Waals surface area (Å²) < 4.78 is 0. The van der Waals surface area contributed by atoms with Crippen LogP contribution in [0.2, 0.25) is 5.02 Å². The molecule has 0 unspecified atom stereocenters. The molecular weight excluding hydrogens is 1260 g/mol. The van der Waals surface area contributed by atoms with Crippen LogP contribution >= 0.6 is 11.6 Å². The second-order valence-corrected chi connectivity index (χ2v) is 23.9. The number of guanidine groups is 1. The van der Waals surface area contributed by atoms with Crippen molar-refractivity contribution in [1.29, 1.82) is 0 Å². The fraction of sp³-hybridized carbons (Fsp3) is 0.492. The van der Waals surface area contributed by atoms with Gasteiger partial charge in [-0.15, -0.1) is 0 Å². The van der Waals surface area contributed by atoms with Gasteiger partial charge in [-0.3, -0.25) is 82.1 Å². The van der Waals surface area contributed by atoms with Crippen molar-refractivity contribution >= 4 is 100 Å². The van der Waals surface area contributed by atoms with Crippen molar-refractivity contribution in [3.05, 3.63) is 95.0 Å². The van der Waals surface area contributed by atoms with Crippen LogP contribution in [0, 0.1) is 5.92 Å². The fourth-order valence-corrected chi connectivity index (χ4v) is 10.7. The van der Waals surface area contributed by atoms with Gasteiger partial charge in [-0.25, -0.2) is 0 Å². The number of primary amides is 1. The third-order valence-electron chi connectivity index (χ3n) is 15.4. The van der Waals surface area contributed by atoms with Crippen molar-refractivity contribution in [2.75, 3.05) is 32.7 Å². The molecule has 3 saturated heterocycles. The maximum atomic E-state index is 15.1. The summed E-state index contributed by atoms with van der Waals surface area (Å²) in [5, 5.41) is 30.8. The number of carbonyl (C=O) groups is 14. The Morgan fingerprint density at radius 2 is 1.16 bits per heavy atom. The SMILES string of the molecule is CC(=O)N[C@@H]1CC(=O)NCC(=O)NCC[C@H]2NC(=O)[C@@H](CC(=O)NC[C@H](C(N)=O)NC(=O)[C@H]3CCCN3C(=O)[C@H](CCCN=C(N)N)NC(=O)[C@@H](CC(C)C)NC(=O)[C@@H](Cc3cccnc3)NC2=O)NC(=O)[C@@H](Cc2cccnc2)NC(=O)[C@H](Cc2ccc(Cl)cc2)NC1=O. The van der Waals surface area contributed by atoms with Crippen molar-refractivity contribution in [1.82, 2.24) is 78.7 Å². The van der Waals surface area contributed by atoms with Crippen LogP contribution < -0.4 is 81.0 Å². The second kappa shape index (κ2) is 36.2. The third-order valence-corrected chi connectivity index (χ3v) is 15.7. The molecule has 0 aliphatic carbocycles. The molecular formula is C61H82ClN19O14. The molecule has 3 aliphatic heterocycles. The number of hydrogen-bond donors (Lipinski definition) is 15. The topological polar surface area (TPSA) is 503 Å². The number of nitrogens with two attached hydrogens (primary N) is 3. The monoisotopic (exact) mass is 1340 g/mol. The summed E-state index contributed by atoms with van der Waals surface area (Å²) in [5.74, 6) is -14.2. The molecule has 3 aliphatic rings. The van der Waals surface area contributed by atoms with Crippen LogP contribution in [0.5, 0.6) is 0 Å². The molecule has 0 saturated carbocycles. The normalized spacial score (nSPS) is 24.7. The van der Waals surface area contributed by atoms with E-state index in [1.165, 1.54) is 47.9 Å². The van der Waals surface area contributed by atoms with Gasteiger partial charge in [0.25, 0.3) is 0 Å². The van der Waals surface area contributed by atoms with Crippen molar-refractivity contribution in [3.8, 4) is 0 Å².